The van der Waals surface area contributed by atoms with E-state index >= 15 is 0 Å². The van der Waals surface area contributed by atoms with E-state index in [-0.39, 0.29) is 12.2 Å². The number of ether oxygens (including phenoxy) is 1. The number of aromatic carboxylic acids is 1. The molecule has 152 valence electrons. The Labute approximate surface area is 159 Å². The van der Waals surface area contributed by atoms with E-state index in [1.807, 2.05) is 0 Å². The first-order chi connectivity index (χ1) is 13.0. The van der Waals surface area contributed by atoms with Crippen LogP contribution < -0.4 is 5.32 Å². The van der Waals surface area contributed by atoms with Gasteiger partial charge in [0.2, 0.25) is 6.17 Å². The van der Waals surface area contributed by atoms with Crippen molar-refractivity contribution in [1.82, 2.24) is 15.1 Å². The number of carboxylic acid groups (broad SMARTS) is 1. The molecule has 0 radical (unpaired) electrons. The standard InChI is InChI=1S/C18H20F3N3O4/c1-18(2,3)28-17(27)22-9-10-5-4-6-11(7-10)24-13(16(25)26)8-12(23-24)14(19)15(20)21/h4-8,14-15H,9H2,1-3H3,(H,22,27)(H,25,26). The number of amides is 1. The van der Waals surface area contributed by atoms with E-state index in [0.717, 1.165) is 10.7 Å². The summed E-state index contributed by atoms with van der Waals surface area (Å²) in [5.41, 5.74) is -1.02. The molecule has 1 aromatic carbocycles. The largest absolute Gasteiger partial charge is 0.477 e. The van der Waals surface area contributed by atoms with Crippen LogP contribution in [0, 0.1) is 0 Å². The van der Waals surface area contributed by atoms with Gasteiger partial charge in [0.25, 0.3) is 6.43 Å². The van der Waals surface area contributed by atoms with E-state index in [0.29, 0.717) is 5.56 Å². The molecule has 0 fully saturated rings. The first kappa shape index (κ1) is 21.3. The second kappa shape index (κ2) is 8.32. The number of halogens is 3. The Morgan fingerprint density at radius 3 is 2.50 bits per heavy atom. The van der Waals surface area contributed by atoms with Crippen molar-refractivity contribution in [2.75, 3.05) is 0 Å². The third-order valence-corrected chi connectivity index (χ3v) is 3.44. The van der Waals surface area contributed by atoms with Crippen molar-refractivity contribution in [2.24, 2.45) is 0 Å². The predicted molar refractivity (Wildman–Crippen MR) is 93.5 cm³/mol. The lowest BCUT2D eigenvalue weighted by Gasteiger charge is -2.19. The fourth-order valence-corrected chi connectivity index (χ4v) is 2.30. The zero-order chi connectivity index (χ0) is 21.1. The molecular formula is C18H20F3N3O4. The number of alkyl carbamates (subject to hydrolysis) is 1. The van der Waals surface area contributed by atoms with Gasteiger partial charge in [0.1, 0.15) is 11.3 Å². The highest BCUT2D eigenvalue weighted by atomic mass is 19.3. The van der Waals surface area contributed by atoms with Crippen LogP contribution in [0.25, 0.3) is 5.69 Å². The normalized spacial score (nSPS) is 12.7. The molecule has 0 aliphatic heterocycles. The topological polar surface area (TPSA) is 93.5 Å². The van der Waals surface area contributed by atoms with Gasteiger partial charge in [0.15, 0.2) is 5.69 Å². The van der Waals surface area contributed by atoms with E-state index in [1.54, 1.807) is 32.9 Å². The average Bonchev–Trinajstić information content (AvgIpc) is 3.03. The molecule has 1 aromatic heterocycles. The van der Waals surface area contributed by atoms with Gasteiger partial charge in [0, 0.05) is 6.54 Å². The van der Waals surface area contributed by atoms with Crippen LogP contribution in [0.1, 0.15) is 48.7 Å². The zero-order valence-electron chi connectivity index (χ0n) is 15.4. The van der Waals surface area contributed by atoms with Gasteiger partial charge in [-0.2, -0.15) is 5.10 Å². The van der Waals surface area contributed by atoms with E-state index in [1.165, 1.54) is 12.1 Å². The molecule has 0 bridgehead atoms. The van der Waals surface area contributed by atoms with Gasteiger partial charge in [-0.1, -0.05) is 12.1 Å². The number of hydrogen-bond donors (Lipinski definition) is 2. The summed E-state index contributed by atoms with van der Waals surface area (Å²) in [6, 6.07) is 6.97. The van der Waals surface area contributed by atoms with E-state index in [9.17, 15) is 27.9 Å². The highest BCUT2D eigenvalue weighted by Gasteiger charge is 2.27. The smallest absolute Gasteiger partial charge is 0.407 e. The van der Waals surface area contributed by atoms with Gasteiger partial charge in [-0.25, -0.2) is 27.4 Å². The molecule has 1 amide bonds. The van der Waals surface area contributed by atoms with Crippen LogP contribution >= 0.6 is 0 Å². The minimum Gasteiger partial charge on any atom is -0.477 e. The number of rotatable bonds is 6. The Bertz CT molecular complexity index is 862. The van der Waals surface area contributed by atoms with Crippen molar-refractivity contribution in [3.05, 3.63) is 47.3 Å². The van der Waals surface area contributed by atoms with Crippen LogP contribution in [-0.4, -0.2) is 39.0 Å². The summed E-state index contributed by atoms with van der Waals surface area (Å²) in [5.74, 6) is -1.45. The second-order valence-electron chi connectivity index (χ2n) is 6.93. The number of carboxylic acids is 1. The number of nitrogens with one attached hydrogen (secondary N) is 1. The first-order valence-corrected chi connectivity index (χ1v) is 8.29. The summed E-state index contributed by atoms with van der Waals surface area (Å²) in [7, 11) is 0. The maximum absolute atomic E-state index is 13.6. The van der Waals surface area contributed by atoms with Gasteiger partial charge in [0.05, 0.1) is 5.69 Å². The van der Waals surface area contributed by atoms with Crippen LogP contribution in [0.2, 0.25) is 0 Å². The van der Waals surface area contributed by atoms with Gasteiger partial charge in [-0.15, -0.1) is 0 Å². The van der Waals surface area contributed by atoms with E-state index in [2.05, 4.69) is 10.4 Å². The molecule has 0 spiro atoms. The number of nitrogens with zero attached hydrogens (tertiary/aromatic N) is 2. The maximum atomic E-state index is 13.6. The predicted octanol–water partition coefficient (Wildman–Crippen LogP) is 3.87. The fraction of sp³-hybridized carbons (Fsp3) is 0.389. The molecule has 0 saturated heterocycles. The molecule has 1 atom stereocenters. The quantitative estimate of drug-likeness (QED) is 0.769. The molecule has 2 N–H and O–H groups in total. The third-order valence-electron chi connectivity index (χ3n) is 3.44. The molecule has 1 heterocycles. The molecule has 0 aliphatic carbocycles. The number of alkyl halides is 3. The highest BCUT2D eigenvalue weighted by Crippen LogP contribution is 2.26. The number of carbonyl (C=O) groups excluding carboxylic acids is 1. The lowest BCUT2D eigenvalue weighted by atomic mass is 10.2. The van der Waals surface area contributed by atoms with Gasteiger partial charge in [-0.3, -0.25) is 0 Å². The van der Waals surface area contributed by atoms with Crippen LogP contribution in [0.4, 0.5) is 18.0 Å². The Morgan fingerprint density at radius 2 is 1.93 bits per heavy atom. The van der Waals surface area contributed by atoms with Crippen molar-refractivity contribution in [1.29, 1.82) is 0 Å². The zero-order valence-corrected chi connectivity index (χ0v) is 15.4. The molecule has 2 aromatic rings. The molecule has 0 aliphatic rings. The summed E-state index contributed by atoms with van der Waals surface area (Å²) in [6.45, 7) is 5.22. The summed E-state index contributed by atoms with van der Waals surface area (Å²) in [4.78, 5) is 23.1. The Morgan fingerprint density at radius 1 is 1.25 bits per heavy atom. The molecule has 28 heavy (non-hydrogen) atoms. The maximum Gasteiger partial charge on any atom is 0.407 e. The number of benzene rings is 1. The minimum atomic E-state index is -3.32. The third kappa shape index (κ3) is 5.48. The van der Waals surface area contributed by atoms with Gasteiger partial charge >= 0.3 is 12.1 Å². The van der Waals surface area contributed by atoms with Gasteiger partial charge in [-0.05, 0) is 44.5 Å². The molecule has 10 heteroatoms. The van der Waals surface area contributed by atoms with Crippen molar-refractivity contribution in [3.63, 3.8) is 0 Å². The molecule has 1 unspecified atom stereocenters. The van der Waals surface area contributed by atoms with Crippen LogP contribution in [0.5, 0.6) is 0 Å². The molecular weight excluding hydrogens is 379 g/mol. The average molecular weight is 399 g/mol. The van der Waals surface area contributed by atoms with Crippen LogP contribution in [0.15, 0.2) is 30.3 Å². The highest BCUT2D eigenvalue weighted by molar-refractivity contribution is 5.86. The van der Waals surface area contributed by atoms with Gasteiger partial charge < -0.3 is 15.2 Å². The van der Waals surface area contributed by atoms with Crippen molar-refractivity contribution in [3.8, 4) is 5.69 Å². The Balaban J connectivity index is 2.25. The van der Waals surface area contributed by atoms with Crippen molar-refractivity contribution >= 4 is 12.1 Å². The summed E-state index contributed by atoms with van der Waals surface area (Å²) in [6.07, 6.45) is -6.66. The molecule has 2 rings (SSSR count). The Hall–Kier alpha value is -3.04. The number of aromatic nitrogens is 2. The summed E-state index contributed by atoms with van der Waals surface area (Å²) >= 11 is 0. The van der Waals surface area contributed by atoms with Crippen molar-refractivity contribution < 1.29 is 32.6 Å². The SMILES string of the molecule is CC(C)(C)OC(=O)NCc1cccc(-n2nc(C(F)C(F)F)cc2C(=O)O)c1. The summed E-state index contributed by atoms with van der Waals surface area (Å²) < 4.78 is 44.7. The first-order valence-electron chi connectivity index (χ1n) is 8.29. The number of carbonyl (C=O) groups is 2. The summed E-state index contributed by atoms with van der Waals surface area (Å²) in [5, 5.41) is 15.5. The molecule has 7 nitrogen and oxygen atoms in total. The van der Waals surface area contributed by atoms with E-state index in [4.69, 9.17) is 4.74 Å². The number of hydrogen-bond acceptors (Lipinski definition) is 4. The van der Waals surface area contributed by atoms with Crippen LogP contribution in [-0.2, 0) is 11.3 Å². The molecule has 0 saturated carbocycles. The fourth-order valence-electron chi connectivity index (χ4n) is 2.30. The van der Waals surface area contributed by atoms with Crippen molar-refractivity contribution in [2.45, 2.75) is 45.5 Å². The van der Waals surface area contributed by atoms with E-state index < -0.39 is 41.6 Å². The Kier molecular flexibility index (Phi) is 6.32. The lowest BCUT2D eigenvalue weighted by Crippen LogP contribution is -2.32. The lowest BCUT2D eigenvalue weighted by molar-refractivity contribution is 0.0470. The van der Waals surface area contributed by atoms with Crippen LogP contribution in [0.3, 0.4) is 0 Å². The second-order valence-corrected chi connectivity index (χ2v) is 6.93. The monoisotopic (exact) mass is 399 g/mol. The minimum absolute atomic E-state index is 0.0715.